The lowest BCUT2D eigenvalue weighted by atomic mass is 10.0. The average molecular weight is 251 g/mol. The smallest absolute Gasteiger partial charge is 0.0874 e. The molecule has 96 valence electrons. The Morgan fingerprint density at radius 3 is 2.47 bits per heavy atom. The minimum absolute atomic E-state index is 0.853. The molecule has 0 aliphatic carbocycles. The van der Waals surface area contributed by atoms with Gasteiger partial charge in [-0.25, -0.2) is 0 Å². The van der Waals surface area contributed by atoms with E-state index < -0.39 is 0 Å². The number of fused-ring (bicyclic) bond motifs is 1. The maximum Gasteiger partial charge on any atom is 0.0874 e. The number of benzene rings is 2. The molecule has 0 unspecified atom stereocenters. The molecule has 3 rings (SSSR count). The highest BCUT2D eigenvalue weighted by molar-refractivity contribution is 5.37. The van der Waals surface area contributed by atoms with Crippen molar-refractivity contribution < 1.29 is 0 Å². The van der Waals surface area contributed by atoms with Crippen molar-refractivity contribution in [2.45, 2.75) is 19.9 Å². The van der Waals surface area contributed by atoms with Gasteiger partial charge in [0.1, 0.15) is 0 Å². The van der Waals surface area contributed by atoms with Gasteiger partial charge in [-0.3, -0.25) is 5.01 Å². The van der Waals surface area contributed by atoms with Crippen molar-refractivity contribution >= 4 is 5.69 Å². The zero-order chi connectivity index (χ0) is 13.1. The molecule has 0 aromatic heterocycles. The van der Waals surface area contributed by atoms with Crippen LogP contribution in [-0.2, 0) is 13.0 Å². The number of rotatable bonds is 2. The van der Waals surface area contributed by atoms with Gasteiger partial charge in [-0.2, -0.15) is 0 Å². The molecule has 3 nitrogen and oxygen atoms in total. The highest BCUT2D eigenvalue weighted by Gasteiger charge is 2.13. The predicted molar refractivity (Wildman–Crippen MR) is 76.3 cm³/mol. The quantitative estimate of drug-likeness (QED) is 0.740. The van der Waals surface area contributed by atoms with Gasteiger partial charge in [-0.1, -0.05) is 47.2 Å². The van der Waals surface area contributed by atoms with Crippen LogP contribution in [-0.4, -0.2) is 11.6 Å². The Bertz CT molecular complexity index is 587. The van der Waals surface area contributed by atoms with E-state index in [1.54, 1.807) is 0 Å². The maximum absolute atomic E-state index is 4.34. The van der Waals surface area contributed by atoms with Crippen LogP contribution in [0.15, 0.2) is 58.9 Å². The molecule has 3 heteroatoms. The third kappa shape index (κ3) is 2.81. The monoisotopic (exact) mass is 251 g/mol. The lowest BCUT2D eigenvalue weighted by Crippen LogP contribution is -2.25. The molecule has 0 amide bonds. The Labute approximate surface area is 113 Å². The summed E-state index contributed by atoms with van der Waals surface area (Å²) >= 11 is 0. The van der Waals surface area contributed by atoms with E-state index >= 15 is 0 Å². The van der Waals surface area contributed by atoms with Crippen LogP contribution in [0.5, 0.6) is 0 Å². The van der Waals surface area contributed by atoms with Crippen LogP contribution < -0.4 is 0 Å². The fraction of sp³-hybridized carbons (Fsp3) is 0.250. The van der Waals surface area contributed by atoms with Crippen molar-refractivity contribution in [3.05, 3.63) is 65.2 Å². The minimum Gasteiger partial charge on any atom is -0.274 e. The van der Waals surface area contributed by atoms with Crippen molar-refractivity contribution in [1.29, 1.82) is 0 Å². The summed E-state index contributed by atoms with van der Waals surface area (Å²) in [6.07, 6.45) is 1.04. The van der Waals surface area contributed by atoms with E-state index in [1.165, 1.54) is 16.7 Å². The summed E-state index contributed by atoms with van der Waals surface area (Å²) in [7, 11) is 0. The summed E-state index contributed by atoms with van der Waals surface area (Å²) in [6.45, 7) is 3.86. The summed E-state index contributed by atoms with van der Waals surface area (Å²) in [5, 5.41) is 10.7. The zero-order valence-electron chi connectivity index (χ0n) is 11.1. The topological polar surface area (TPSA) is 28.0 Å². The molecule has 1 heterocycles. The third-order valence-corrected chi connectivity index (χ3v) is 3.43. The first-order valence-electron chi connectivity index (χ1n) is 6.61. The maximum atomic E-state index is 4.34. The molecule has 0 saturated heterocycles. The van der Waals surface area contributed by atoms with E-state index in [4.69, 9.17) is 0 Å². The Balaban J connectivity index is 1.70. The van der Waals surface area contributed by atoms with Gasteiger partial charge in [0, 0.05) is 6.54 Å². The number of aryl methyl sites for hydroxylation is 1. The van der Waals surface area contributed by atoms with Gasteiger partial charge in [0.2, 0.25) is 0 Å². The predicted octanol–water partition coefficient (Wildman–Crippen LogP) is 4.05. The van der Waals surface area contributed by atoms with Crippen LogP contribution in [0.25, 0.3) is 0 Å². The standard InChI is InChI=1S/C16H17N3/c1-13-6-8-16(9-7-13)17-18-19-11-10-14-4-2-3-5-15(14)12-19/h2-9H,10-12H2,1H3/b18-17+. The highest BCUT2D eigenvalue weighted by atomic mass is 15.5. The van der Waals surface area contributed by atoms with E-state index in [-0.39, 0.29) is 0 Å². The molecule has 0 radical (unpaired) electrons. The lowest BCUT2D eigenvalue weighted by Gasteiger charge is -2.24. The fourth-order valence-corrected chi connectivity index (χ4v) is 2.28. The van der Waals surface area contributed by atoms with Crippen LogP contribution >= 0.6 is 0 Å². The second-order valence-corrected chi connectivity index (χ2v) is 4.93. The summed E-state index contributed by atoms with van der Waals surface area (Å²) in [4.78, 5) is 0. The number of nitrogens with zero attached hydrogens (tertiary/aromatic N) is 3. The van der Waals surface area contributed by atoms with Gasteiger partial charge >= 0.3 is 0 Å². The van der Waals surface area contributed by atoms with Gasteiger partial charge in [-0.15, -0.1) is 5.11 Å². The van der Waals surface area contributed by atoms with E-state index in [9.17, 15) is 0 Å². The van der Waals surface area contributed by atoms with Crippen LogP contribution in [0, 0.1) is 6.92 Å². The Hall–Kier alpha value is -2.16. The largest absolute Gasteiger partial charge is 0.274 e. The molecule has 1 aliphatic heterocycles. The zero-order valence-corrected chi connectivity index (χ0v) is 11.1. The minimum atomic E-state index is 0.853. The van der Waals surface area contributed by atoms with Crippen molar-refractivity contribution in [3.63, 3.8) is 0 Å². The van der Waals surface area contributed by atoms with E-state index in [0.29, 0.717) is 0 Å². The van der Waals surface area contributed by atoms with Crippen molar-refractivity contribution in [3.8, 4) is 0 Å². The van der Waals surface area contributed by atoms with Gasteiger partial charge in [0.05, 0.1) is 12.2 Å². The molecule has 0 N–H and O–H groups in total. The third-order valence-electron chi connectivity index (χ3n) is 3.43. The summed E-state index contributed by atoms with van der Waals surface area (Å²) in [5.74, 6) is 0. The molecular weight excluding hydrogens is 234 g/mol. The Morgan fingerprint density at radius 1 is 0.947 bits per heavy atom. The summed E-state index contributed by atoms with van der Waals surface area (Å²) in [6, 6.07) is 16.7. The molecule has 19 heavy (non-hydrogen) atoms. The number of hydrogen-bond acceptors (Lipinski definition) is 2. The van der Waals surface area contributed by atoms with Gasteiger partial charge < -0.3 is 0 Å². The molecule has 1 aliphatic rings. The number of hydrogen-bond donors (Lipinski definition) is 0. The molecule has 0 bridgehead atoms. The lowest BCUT2D eigenvalue weighted by molar-refractivity contribution is 0.250. The highest BCUT2D eigenvalue weighted by Crippen LogP contribution is 2.20. The Kier molecular flexibility index (Phi) is 3.27. The van der Waals surface area contributed by atoms with Gasteiger partial charge in [0.25, 0.3) is 0 Å². The van der Waals surface area contributed by atoms with Crippen LogP contribution in [0.4, 0.5) is 5.69 Å². The second-order valence-electron chi connectivity index (χ2n) is 4.93. The van der Waals surface area contributed by atoms with Crippen LogP contribution in [0.1, 0.15) is 16.7 Å². The average Bonchev–Trinajstić information content (AvgIpc) is 2.46. The molecule has 0 spiro atoms. The van der Waals surface area contributed by atoms with E-state index in [1.807, 2.05) is 17.1 Å². The first kappa shape index (κ1) is 11.9. The molecule has 0 atom stereocenters. The normalized spacial score (nSPS) is 14.7. The van der Waals surface area contributed by atoms with E-state index in [2.05, 4.69) is 53.7 Å². The SMILES string of the molecule is Cc1ccc(/N=N/N2CCc3ccccc3C2)cc1. The second kappa shape index (κ2) is 5.22. The Morgan fingerprint density at radius 2 is 1.68 bits per heavy atom. The van der Waals surface area contributed by atoms with Crippen LogP contribution in [0.2, 0.25) is 0 Å². The first-order valence-corrected chi connectivity index (χ1v) is 6.61. The molecule has 2 aromatic rings. The fourth-order valence-electron chi connectivity index (χ4n) is 2.28. The van der Waals surface area contributed by atoms with Crippen molar-refractivity contribution in [1.82, 2.24) is 5.01 Å². The van der Waals surface area contributed by atoms with Gasteiger partial charge in [0.15, 0.2) is 0 Å². The molecular formula is C16H17N3. The van der Waals surface area contributed by atoms with Crippen molar-refractivity contribution in [2.24, 2.45) is 10.3 Å². The molecule has 2 aromatic carbocycles. The summed E-state index contributed by atoms with van der Waals surface area (Å²) in [5.41, 5.74) is 4.94. The molecule has 0 saturated carbocycles. The van der Waals surface area contributed by atoms with Gasteiger partial charge in [-0.05, 0) is 36.6 Å². The summed E-state index contributed by atoms with van der Waals surface area (Å²) < 4.78 is 0. The van der Waals surface area contributed by atoms with E-state index in [0.717, 1.165) is 25.2 Å². The van der Waals surface area contributed by atoms with Crippen molar-refractivity contribution in [2.75, 3.05) is 6.54 Å². The molecule has 0 fully saturated rings. The van der Waals surface area contributed by atoms with Crippen LogP contribution in [0.3, 0.4) is 0 Å². The first-order chi connectivity index (χ1) is 9.31.